The van der Waals surface area contributed by atoms with E-state index in [1.54, 1.807) is 0 Å². The summed E-state index contributed by atoms with van der Waals surface area (Å²) in [6.07, 6.45) is 7.82. The van der Waals surface area contributed by atoms with Crippen LogP contribution >= 0.6 is 10.6 Å². The van der Waals surface area contributed by atoms with Crippen molar-refractivity contribution in [2.75, 3.05) is 24.7 Å². The summed E-state index contributed by atoms with van der Waals surface area (Å²) in [5.74, 6) is 1.01. The zero-order valence-corrected chi connectivity index (χ0v) is 17.5. The van der Waals surface area contributed by atoms with E-state index < -0.39 is 10.6 Å². The third-order valence-corrected chi connectivity index (χ3v) is 8.11. The Balaban J connectivity index is 2.45. The van der Waals surface area contributed by atoms with Crippen LogP contribution in [0.2, 0.25) is 0 Å². The maximum atomic E-state index is 11.1. The van der Waals surface area contributed by atoms with Gasteiger partial charge in [-0.1, -0.05) is 46.5 Å². The van der Waals surface area contributed by atoms with Gasteiger partial charge in [-0.25, -0.2) is 0 Å². The highest BCUT2D eigenvalue weighted by atomic mass is 32.3. The second kappa shape index (κ2) is 8.32. The van der Waals surface area contributed by atoms with Gasteiger partial charge in [0.2, 0.25) is 0 Å². The lowest BCUT2D eigenvalue weighted by Gasteiger charge is -2.44. The molecule has 0 fully saturated rings. The minimum atomic E-state index is -2.74. The molecule has 25 heavy (non-hydrogen) atoms. The predicted molar refractivity (Wildman–Crippen MR) is 111 cm³/mol. The van der Waals surface area contributed by atoms with Gasteiger partial charge in [0, 0.05) is 25.5 Å². The number of hydrogen-bond donors (Lipinski definition) is 2. The van der Waals surface area contributed by atoms with Crippen LogP contribution in [0.25, 0.3) is 0 Å². The van der Waals surface area contributed by atoms with Crippen molar-refractivity contribution in [1.29, 1.82) is 0 Å². The molecule has 0 saturated heterocycles. The van der Waals surface area contributed by atoms with Crippen LogP contribution in [-0.2, 0) is 6.42 Å². The molecule has 0 amide bonds. The molecule has 1 aromatic carbocycles. The first-order valence-corrected chi connectivity index (χ1v) is 11.5. The van der Waals surface area contributed by atoms with Crippen LogP contribution in [0.5, 0.6) is 0 Å². The molecular formula is C21H37NO2S. The number of anilines is 1. The van der Waals surface area contributed by atoms with Gasteiger partial charge in [0.15, 0.2) is 0 Å². The molecule has 2 rings (SSSR count). The smallest absolute Gasteiger partial charge is 0.0617 e. The van der Waals surface area contributed by atoms with Gasteiger partial charge >= 0.3 is 0 Å². The van der Waals surface area contributed by atoms with Gasteiger partial charge < -0.3 is 4.90 Å². The van der Waals surface area contributed by atoms with Crippen LogP contribution in [0, 0.1) is 11.3 Å². The largest absolute Gasteiger partial charge is 0.378 e. The molecule has 0 saturated carbocycles. The van der Waals surface area contributed by atoms with E-state index in [1.165, 1.54) is 12.8 Å². The SMILES string of the molecule is CCCCC1(CCCC)CS(O)(O)c2ccc(N(C)C)cc2C[C@H]1C. The summed E-state index contributed by atoms with van der Waals surface area (Å²) in [6, 6.07) is 6.14. The standard InChI is InChI=1S/C21H37NO2S/c1-6-8-12-21(13-9-7-2)16-25(23,24)20-11-10-19(22(4)5)15-18(20)14-17(21)3/h10-11,15,17,23-24H,6-9,12-14,16H2,1-5H3/t17-/m1/s1. The van der Waals surface area contributed by atoms with Crippen LogP contribution in [0.15, 0.2) is 23.1 Å². The zero-order chi connectivity index (χ0) is 18.7. The van der Waals surface area contributed by atoms with E-state index >= 15 is 0 Å². The molecule has 1 heterocycles. The van der Waals surface area contributed by atoms with Crippen molar-refractivity contribution in [1.82, 2.24) is 0 Å². The first-order valence-electron chi connectivity index (χ1n) is 9.82. The van der Waals surface area contributed by atoms with Gasteiger partial charge in [-0.2, -0.15) is 10.6 Å². The number of nitrogens with zero attached hydrogens (tertiary/aromatic N) is 1. The van der Waals surface area contributed by atoms with Crippen LogP contribution in [-0.4, -0.2) is 29.0 Å². The highest BCUT2D eigenvalue weighted by Gasteiger charge is 2.43. The molecule has 0 radical (unpaired) electrons. The molecule has 0 spiro atoms. The van der Waals surface area contributed by atoms with Crippen LogP contribution in [0.4, 0.5) is 5.69 Å². The quantitative estimate of drug-likeness (QED) is 0.584. The minimum Gasteiger partial charge on any atom is -0.378 e. The number of rotatable bonds is 7. The van der Waals surface area contributed by atoms with Crippen molar-refractivity contribution >= 4 is 16.3 Å². The van der Waals surface area contributed by atoms with Crippen LogP contribution < -0.4 is 4.90 Å². The highest BCUT2D eigenvalue weighted by molar-refractivity contribution is 8.24. The van der Waals surface area contributed by atoms with E-state index in [4.69, 9.17) is 0 Å². The molecule has 4 heteroatoms. The van der Waals surface area contributed by atoms with Gasteiger partial charge in [0.25, 0.3) is 0 Å². The topological polar surface area (TPSA) is 43.7 Å². The van der Waals surface area contributed by atoms with Gasteiger partial charge in [-0.3, -0.25) is 9.11 Å². The highest BCUT2D eigenvalue weighted by Crippen LogP contribution is 2.60. The van der Waals surface area contributed by atoms with Crippen LogP contribution in [0.1, 0.15) is 64.9 Å². The second-order valence-electron chi connectivity index (χ2n) is 8.17. The fourth-order valence-electron chi connectivity index (χ4n) is 4.31. The summed E-state index contributed by atoms with van der Waals surface area (Å²) in [7, 11) is 1.33. The zero-order valence-electron chi connectivity index (χ0n) is 16.7. The Bertz CT molecular complexity index is 563. The van der Waals surface area contributed by atoms with E-state index in [9.17, 15) is 9.11 Å². The third-order valence-electron chi connectivity index (χ3n) is 6.03. The molecule has 0 aromatic heterocycles. The molecule has 3 nitrogen and oxygen atoms in total. The van der Waals surface area contributed by atoms with Crippen LogP contribution in [0.3, 0.4) is 0 Å². The van der Waals surface area contributed by atoms with Crippen molar-refractivity contribution in [3.63, 3.8) is 0 Å². The Morgan fingerprint density at radius 1 is 1.12 bits per heavy atom. The Labute approximate surface area is 156 Å². The molecule has 1 aromatic rings. The summed E-state index contributed by atoms with van der Waals surface area (Å²) >= 11 is 0. The van der Waals surface area contributed by atoms with E-state index in [2.05, 4.69) is 31.7 Å². The molecule has 144 valence electrons. The van der Waals surface area contributed by atoms with E-state index in [0.29, 0.717) is 11.7 Å². The Kier molecular flexibility index (Phi) is 6.86. The average molecular weight is 368 g/mol. The molecule has 0 unspecified atom stereocenters. The lowest BCUT2D eigenvalue weighted by atomic mass is 9.69. The van der Waals surface area contributed by atoms with E-state index in [-0.39, 0.29) is 5.41 Å². The summed E-state index contributed by atoms with van der Waals surface area (Å²) < 4.78 is 22.2. The molecule has 1 atom stereocenters. The average Bonchev–Trinajstić information content (AvgIpc) is 2.64. The lowest BCUT2D eigenvalue weighted by Crippen LogP contribution is -2.34. The maximum Gasteiger partial charge on any atom is 0.0617 e. The molecule has 0 aliphatic carbocycles. The second-order valence-corrected chi connectivity index (χ2v) is 10.2. The van der Waals surface area contributed by atoms with Gasteiger partial charge in [0.1, 0.15) is 0 Å². The minimum absolute atomic E-state index is 0.0438. The first kappa shape index (κ1) is 20.6. The third kappa shape index (κ3) is 4.53. The van der Waals surface area contributed by atoms with Gasteiger partial charge in [0.05, 0.1) is 4.90 Å². The predicted octanol–water partition coefficient (Wildman–Crippen LogP) is 6.42. The van der Waals surface area contributed by atoms with Gasteiger partial charge in [-0.15, -0.1) is 0 Å². The number of unbranched alkanes of at least 4 members (excludes halogenated alkanes) is 2. The lowest BCUT2D eigenvalue weighted by molar-refractivity contribution is 0.159. The Morgan fingerprint density at radius 2 is 1.72 bits per heavy atom. The van der Waals surface area contributed by atoms with Crippen molar-refractivity contribution in [2.45, 2.75) is 70.6 Å². The van der Waals surface area contributed by atoms with Gasteiger partial charge in [-0.05, 0) is 54.4 Å². The summed E-state index contributed by atoms with van der Waals surface area (Å²) in [5.41, 5.74) is 2.31. The van der Waals surface area contributed by atoms with E-state index in [0.717, 1.165) is 48.3 Å². The number of benzene rings is 1. The van der Waals surface area contributed by atoms with E-state index in [1.807, 2.05) is 26.2 Å². The summed E-state index contributed by atoms with van der Waals surface area (Å²) in [6.45, 7) is 6.79. The fraction of sp³-hybridized carbons (Fsp3) is 0.714. The Morgan fingerprint density at radius 3 is 2.24 bits per heavy atom. The van der Waals surface area contributed by atoms with Crippen molar-refractivity contribution in [3.8, 4) is 0 Å². The van der Waals surface area contributed by atoms with Crippen molar-refractivity contribution in [2.24, 2.45) is 11.3 Å². The molecular weight excluding hydrogens is 330 g/mol. The summed E-state index contributed by atoms with van der Waals surface area (Å²) in [5, 5.41) is 0. The number of fused-ring (bicyclic) bond motifs is 1. The monoisotopic (exact) mass is 367 g/mol. The summed E-state index contributed by atoms with van der Waals surface area (Å²) in [4.78, 5) is 2.88. The fourth-order valence-corrected chi connectivity index (χ4v) is 6.69. The maximum absolute atomic E-state index is 11.1. The molecule has 0 bridgehead atoms. The number of hydrogen-bond acceptors (Lipinski definition) is 3. The van der Waals surface area contributed by atoms with Crippen molar-refractivity contribution in [3.05, 3.63) is 23.8 Å². The molecule has 1 aliphatic heterocycles. The first-order chi connectivity index (χ1) is 11.8. The molecule has 2 N–H and O–H groups in total. The molecule has 1 aliphatic rings. The Hall–Kier alpha value is -0.710. The van der Waals surface area contributed by atoms with Crippen molar-refractivity contribution < 1.29 is 9.11 Å². The normalized spacial score (nSPS) is 22.8.